The first-order chi connectivity index (χ1) is 12.3. The maximum atomic E-state index is 14.1. The second kappa shape index (κ2) is 6.13. The summed E-state index contributed by atoms with van der Waals surface area (Å²) in [6.07, 6.45) is 0.757. The summed E-state index contributed by atoms with van der Waals surface area (Å²) in [4.78, 5) is 24.4. The molecule has 3 rings (SSSR count). The second-order valence-electron chi connectivity index (χ2n) is 7.24. The van der Waals surface area contributed by atoms with Crippen LogP contribution in [-0.4, -0.2) is 23.4 Å². The summed E-state index contributed by atoms with van der Waals surface area (Å²) < 4.78 is 27.3. The zero-order chi connectivity index (χ0) is 19.3. The third-order valence-electron chi connectivity index (χ3n) is 6.53. The first kappa shape index (κ1) is 18.5. The number of carbonyl (C=O) groups excluding carboxylic acids is 1. The lowest BCUT2D eigenvalue weighted by atomic mass is 9.61. The number of carboxylic acid groups (broad SMARTS) is 1. The standard InChI is InChI=1S/C19H20F2N2O3/c1-2-18-13(16(18)17(25)26)6-11(19(18,9-23)15(24)8-22)5-10-3-4-12(20)7-14(10)21/h3-4,7,11,13,16H,2,5-6,8,22H2,1H3,(H,25,26). The van der Waals surface area contributed by atoms with E-state index in [1.807, 2.05) is 0 Å². The SMILES string of the molecule is CCC12C(CC(Cc3ccc(F)cc3F)C1(C#N)C(=O)CN)C2C(=O)O. The molecule has 5 unspecified atom stereocenters. The Bertz CT molecular complexity index is 821. The zero-order valence-corrected chi connectivity index (χ0v) is 14.3. The van der Waals surface area contributed by atoms with Crippen molar-refractivity contribution < 1.29 is 23.5 Å². The molecule has 2 aliphatic rings. The van der Waals surface area contributed by atoms with Gasteiger partial charge in [-0.1, -0.05) is 13.0 Å². The second-order valence-corrected chi connectivity index (χ2v) is 7.24. The van der Waals surface area contributed by atoms with Gasteiger partial charge in [0.1, 0.15) is 17.0 Å². The number of carboxylic acids is 1. The van der Waals surface area contributed by atoms with Gasteiger partial charge in [-0.05, 0) is 42.7 Å². The number of carbonyl (C=O) groups is 2. The fraction of sp³-hybridized carbons (Fsp3) is 0.526. The van der Waals surface area contributed by atoms with Gasteiger partial charge in [-0.2, -0.15) is 5.26 Å². The van der Waals surface area contributed by atoms with Crippen LogP contribution in [0.5, 0.6) is 0 Å². The number of nitrogens with zero attached hydrogens (tertiary/aromatic N) is 1. The number of benzene rings is 1. The number of Topliss-reactive ketones (excluding diaryl/α,β-unsaturated/α-hetero) is 1. The number of aliphatic carboxylic acids is 1. The molecule has 0 aromatic heterocycles. The van der Waals surface area contributed by atoms with E-state index in [2.05, 4.69) is 6.07 Å². The van der Waals surface area contributed by atoms with E-state index in [4.69, 9.17) is 5.73 Å². The first-order valence-corrected chi connectivity index (χ1v) is 8.61. The average molecular weight is 362 g/mol. The minimum atomic E-state index is -1.56. The van der Waals surface area contributed by atoms with Gasteiger partial charge in [0.05, 0.1) is 18.5 Å². The van der Waals surface area contributed by atoms with E-state index in [1.165, 1.54) is 6.07 Å². The molecule has 2 aliphatic carbocycles. The van der Waals surface area contributed by atoms with Gasteiger partial charge >= 0.3 is 5.97 Å². The molecule has 0 saturated heterocycles. The predicted molar refractivity (Wildman–Crippen MR) is 87.6 cm³/mol. The monoisotopic (exact) mass is 362 g/mol. The van der Waals surface area contributed by atoms with Crippen molar-refractivity contribution in [2.45, 2.75) is 26.2 Å². The smallest absolute Gasteiger partial charge is 0.307 e. The summed E-state index contributed by atoms with van der Waals surface area (Å²) in [7, 11) is 0. The third kappa shape index (κ3) is 2.15. The van der Waals surface area contributed by atoms with Gasteiger partial charge in [-0.3, -0.25) is 9.59 Å². The number of hydrogen-bond donors (Lipinski definition) is 2. The van der Waals surface area contributed by atoms with Crippen LogP contribution in [0, 0.1) is 51.5 Å². The molecule has 5 nitrogen and oxygen atoms in total. The van der Waals surface area contributed by atoms with E-state index in [1.54, 1.807) is 6.92 Å². The normalized spacial score (nSPS) is 34.8. The van der Waals surface area contributed by atoms with Gasteiger partial charge in [-0.25, -0.2) is 8.78 Å². The van der Waals surface area contributed by atoms with E-state index in [0.29, 0.717) is 12.8 Å². The molecule has 0 heterocycles. The number of fused-ring (bicyclic) bond motifs is 1. The fourth-order valence-corrected chi connectivity index (χ4v) is 5.51. The molecule has 0 aliphatic heterocycles. The van der Waals surface area contributed by atoms with Crippen LogP contribution in [0.1, 0.15) is 25.3 Å². The molecule has 2 fully saturated rings. The Morgan fingerprint density at radius 2 is 2.12 bits per heavy atom. The highest BCUT2D eigenvalue weighted by molar-refractivity contribution is 5.94. The summed E-state index contributed by atoms with van der Waals surface area (Å²) in [5, 5.41) is 19.5. The van der Waals surface area contributed by atoms with E-state index >= 15 is 0 Å². The van der Waals surface area contributed by atoms with Crippen molar-refractivity contribution in [1.82, 2.24) is 0 Å². The molecule has 1 aromatic carbocycles. The average Bonchev–Trinajstić information content (AvgIpc) is 3.18. The molecule has 0 amide bonds. The number of rotatable bonds is 6. The van der Waals surface area contributed by atoms with Gasteiger partial charge in [0.15, 0.2) is 5.78 Å². The molecule has 5 atom stereocenters. The maximum Gasteiger partial charge on any atom is 0.307 e. The van der Waals surface area contributed by atoms with Gasteiger partial charge < -0.3 is 10.8 Å². The van der Waals surface area contributed by atoms with Crippen LogP contribution in [0.15, 0.2) is 18.2 Å². The van der Waals surface area contributed by atoms with Crippen molar-refractivity contribution >= 4 is 11.8 Å². The van der Waals surface area contributed by atoms with Crippen molar-refractivity contribution in [3.05, 3.63) is 35.4 Å². The Hall–Kier alpha value is -2.33. The summed E-state index contributed by atoms with van der Waals surface area (Å²) in [6.45, 7) is 1.39. The number of nitriles is 1. The topological polar surface area (TPSA) is 104 Å². The van der Waals surface area contributed by atoms with Crippen molar-refractivity contribution in [3.8, 4) is 6.07 Å². The van der Waals surface area contributed by atoms with Gasteiger partial charge in [0.25, 0.3) is 0 Å². The molecule has 3 N–H and O–H groups in total. The quantitative estimate of drug-likeness (QED) is 0.808. The largest absolute Gasteiger partial charge is 0.481 e. The summed E-state index contributed by atoms with van der Waals surface area (Å²) in [5.41, 5.74) is 3.24. The highest BCUT2D eigenvalue weighted by Crippen LogP contribution is 2.79. The van der Waals surface area contributed by atoms with Crippen LogP contribution >= 0.6 is 0 Å². The Balaban J connectivity index is 2.06. The Labute approximate surface area is 149 Å². The van der Waals surface area contributed by atoms with Crippen molar-refractivity contribution in [2.24, 2.45) is 34.3 Å². The number of halogens is 2. The van der Waals surface area contributed by atoms with Crippen LogP contribution < -0.4 is 5.73 Å². The lowest BCUT2D eigenvalue weighted by molar-refractivity contribution is -0.142. The van der Waals surface area contributed by atoms with Crippen molar-refractivity contribution in [1.29, 1.82) is 5.26 Å². The molecule has 2 saturated carbocycles. The van der Waals surface area contributed by atoms with E-state index < -0.39 is 46.1 Å². The fourth-order valence-electron chi connectivity index (χ4n) is 5.51. The molecule has 0 bridgehead atoms. The molecular formula is C19H20F2N2O3. The van der Waals surface area contributed by atoms with E-state index in [0.717, 1.165) is 12.1 Å². The molecule has 1 aromatic rings. The molecule has 0 spiro atoms. The Morgan fingerprint density at radius 3 is 2.62 bits per heavy atom. The lowest BCUT2D eigenvalue weighted by Crippen LogP contribution is -2.48. The molecule has 26 heavy (non-hydrogen) atoms. The zero-order valence-electron chi connectivity index (χ0n) is 14.3. The summed E-state index contributed by atoms with van der Waals surface area (Å²) >= 11 is 0. The molecular weight excluding hydrogens is 342 g/mol. The highest BCUT2D eigenvalue weighted by Gasteiger charge is 2.83. The summed E-state index contributed by atoms with van der Waals surface area (Å²) in [5.74, 6) is -4.60. The van der Waals surface area contributed by atoms with Gasteiger partial charge in [0, 0.05) is 11.5 Å². The first-order valence-electron chi connectivity index (χ1n) is 8.61. The third-order valence-corrected chi connectivity index (χ3v) is 6.53. The number of ketones is 1. The van der Waals surface area contributed by atoms with E-state index in [9.17, 15) is 28.7 Å². The van der Waals surface area contributed by atoms with E-state index in [-0.39, 0.29) is 24.4 Å². The van der Waals surface area contributed by atoms with Crippen LogP contribution in [0.4, 0.5) is 8.78 Å². The highest BCUT2D eigenvalue weighted by atomic mass is 19.1. The number of nitrogens with two attached hydrogens (primary N) is 1. The van der Waals surface area contributed by atoms with Crippen LogP contribution in [0.3, 0.4) is 0 Å². The summed E-state index contributed by atoms with van der Waals surface area (Å²) in [6, 6.07) is 5.30. The van der Waals surface area contributed by atoms with Crippen molar-refractivity contribution in [3.63, 3.8) is 0 Å². The van der Waals surface area contributed by atoms with Gasteiger partial charge in [-0.15, -0.1) is 0 Å². The number of hydrogen-bond acceptors (Lipinski definition) is 4. The minimum Gasteiger partial charge on any atom is -0.481 e. The predicted octanol–water partition coefficient (Wildman–Crippen LogP) is 2.29. The van der Waals surface area contributed by atoms with Crippen LogP contribution in [-0.2, 0) is 16.0 Å². The molecule has 0 radical (unpaired) electrons. The lowest BCUT2D eigenvalue weighted by Gasteiger charge is -2.37. The van der Waals surface area contributed by atoms with Crippen LogP contribution in [0.2, 0.25) is 0 Å². The minimum absolute atomic E-state index is 0.0655. The maximum absolute atomic E-state index is 14.1. The molecule has 7 heteroatoms. The Kier molecular flexibility index (Phi) is 4.35. The van der Waals surface area contributed by atoms with Gasteiger partial charge in [0.2, 0.25) is 0 Å². The van der Waals surface area contributed by atoms with Crippen molar-refractivity contribution in [2.75, 3.05) is 6.54 Å². The molecule has 138 valence electrons. The Morgan fingerprint density at radius 1 is 1.42 bits per heavy atom. The van der Waals surface area contributed by atoms with Crippen LogP contribution in [0.25, 0.3) is 0 Å².